The number of carbonyl (C=O) groups is 3. The van der Waals surface area contributed by atoms with Crippen LogP contribution in [0.4, 0.5) is 5.69 Å². The Morgan fingerprint density at radius 1 is 1.10 bits per heavy atom. The monoisotopic (exact) mass is 419 g/mol. The molecular weight excluding hydrogens is 390 g/mol. The van der Waals surface area contributed by atoms with Gasteiger partial charge in [0.05, 0.1) is 0 Å². The van der Waals surface area contributed by atoms with Crippen LogP contribution in [0.25, 0.3) is 0 Å². The summed E-state index contributed by atoms with van der Waals surface area (Å²) in [5, 5.41) is 5.86. The molecule has 1 unspecified atom stereocenters. The largest absolute Gasteiger partial charge is 0.353 e. The summed E-state index contributed by atoms with van der Waals surface area (Å²) in [5.74, 6) is 0.0937. The predicted octanol–water partition coefficient (Wildman–Crippen LogP) is 3.12. The fourth-order valence-corrected chi connectivity index (χ4v) is 4.25. The van der Waals surface area contributed by atoms with E-state index in [1.807, 2.05) is 30.0 Å². The Kier molecular flexibility index (Phi) is 6.35. The number of amides is 3. The summed E-state index contributed by atoms with van der Waals surface area (Å²) in [4.78, 5) is 38.3. The van der Waals surface area contributed by atoms with Crippen LogP contribution in [0.15, 0.2) is 42.5 Å². The van der Waals surface area contributed by atoms with E-state index in [1.165, 1.54) is 11.1 Å². The van der Waals surface area contributed by atoms with Gasteiger partial charge in [0.15, 0.2) is 0 Å². The summed E-state index contributed by atoms with van der Waals surface area (Å²) in [7, 11) is 0. The average Bonchev–Trinajstić information content (AvgIpc) is 3.17. The first-order valence-corrected chi connectivity index (χ1v) is 11.0. The van der Waals surface area contributed by atoms with Crippen LogP contribution >= 0.6 is 0 Å². The van der Waals surface area contributed by atoms with Crippen LogP contribution in [-0.4, -0.2) is 35.2 Å². The van der Waals surface area contributed by atoms with Crippen LogP contribution in [0.1, 0.15) is 47.9 Å². The Balaban J connectivity index is 1.32. The smallest absolute Gasteiger partial charge is 0.224 e. The molecule has 3 amide bonds. The molecule has 0 radical (unpaired) electrons. The van der Waals surface area contributed by atoms with E-state index in [4.69, 9.17) is 0 Å². The van der Waals surface area contributed by atoms with Gasteiger partial charge in [-0.25, -0.2) is 0 Å². The maximum Gasteiger partial charge on any atom is 0.224 e. The van der Waals surface area contributed by atoms with E-state index in [9.17, 15) is 14.4 Å². The molecule has 6 nitrogen and oxygen atoms in total. The highest BCUT2D eigenvalue weighted by Crippen LogP contribution is 2.24. The number of carbonyl (C=O) groups excluding carboxylic acids is 3. The summed E-state index contributed by atoms with van der Waals surface area (Å²) in [6, 6.07) is 14.2. The van der Waals surface area contributed by atoms with Gasteiger partial charge in [0.25, 0.3) is 0 Å². The van der Waals surface area contributed by atoms with Gasteiger partial charge in [0, 0.05) is 44.1 Å². The van der Waals surface area contributed by atoms with Crippen LogP contribution in [-0.2, 0) is 33.8 Å². The third-order valence-electron chi connectivity index (χ3n) is 6.12. The highest BCUT2D eigenvalue weighted by atomic mass is 16.2. The molecule has 2 aliphatic rings. The minimum Gasteiger partial charge on any atom is -0.353 e. The maximum atomic E-state index is 12.7. The molecule has 0 saturated carbocycles. The number of hydrogen-bond donors (Lipinski definition) is 2. The van der Waals surface area contributed by atoms with E-state index in [2.05, 4.69) is 34.9 Å². The van der Waals surface area contributed by atoms with Crippen molar-refractivity contribution in [3.63, 3.8) is 0 Å². The van der Waals surface area contributed by atoms with Crippen LogP contribution in [0.5, 0.6) is 0 Å². The number of nitrogens with one attached hydrogen (secondary N) is 2. The SMILES string of the molecule is Cc1ccc(CCC(=O)Nc2ccc3c(c2)CN(C(=O)CC2CCC(=O)N2)CC3)cc1. The zero-order chi connectivity index (χ0) is 21.8. The van der Waals surface area contributed by atoms with Gasteiger partial charge in [-0.05, 0) is 55.0 Å². The number of aryl methyl sites for hydroxylation is 2. The van der Waals surface area contributed by atoms with Crippen molar-refractivity contribution >= 4 is 23.4 Å². The van der Waals surface area contributed by atoms with Crippen molar-refractivity contribution in [2.45, 2.75) is 58.0 Å². The summed E-state index contributed by atoms with van der Waals surface area (Å²) in [6.45, 7) is 3.28. The number of rotatable bonds is 6. The lowest BCUT2D eigenvalue weighted by Gasteiger charge is -2.30. The molecule has 2 aliphatic heterocycles. The second-order valence-corrected chi connectivity index (χ2v) is 8.59. The predicted molar refractivity (Wildman–Crippen MR) is 119 cm³/mol. The van der Waals surface area contributed by atoms with Gasteiger partial charge in [-0.1, -0.05) is 35.9 Å². The fourth-order valence-electron chi connectivity index (χ4n) is 4.25. The molecule has 2 aromatic rings. The molecule has 0 spiro atoms. The minimum atomic E-state index is -0.0412. The Bertz CT molecular complexity index is 984. The first kappa shape index (κ1) is 21.1. The second kappa shape index (κ2) is 9.33. The van der Waals surface area contributed by atoms with Crippen molar-refractivity contribution < 1.29 is 14.4 Å². The van der Waals surface area contributed by atoms with E-state index < -0.39 is 0 Å². The molecule has 1 saturated heterocycles. The second-order valence-electron chi connectivity index (χ2n) is 8.59. The zero-order valence-corrected chi connectivity index (χ0v) is 17.9. The fraction of sp³-hybridized carbons (Fsp3) is 0.400. The minimum absolute atomic E-state index is 0.0127. The summed E-state index contributed by atoms with van der Waals surface area (Å²) in [6.07, 6.45) is 3.53. The van der Waals surface area contributed by atoms with Crippen LogP contribution in [0, 0.1) is 6.92 Å². The van der Waals surface area contributed by atoms with Crippen molar-refractivity contribution in [3.05, 3.63) is 64.7 Å². The van der Waals surface area contributed by atoms with Crippen LogP contribution < -0.4 is 10.6 Å². The molecule has 2 aromatic carbocycles. The molecule has 0 aliphatic carbocycles. The topological polar surface area (TPSA) is 78.5 Å². The van der Waals surface area contributed by atoms with Crippen molar-refractivity contribution in [1.82, 2.24) is 10.2 Å². The van der Waals surface area contributed by atoms with Gasteiger partial charge in [-0.3, -0.25) is 14.4 Å². The molecule has 0 aromatic heterocycles. The molecule has 1 fully saturated rings. The third kappa shape index (κ3) is 5.51. The summed E-state index contributed by atoms with van der Waals surface area (Å²) in [5.41, 5.74) is 5.42. The van der Waals surface area contributed by atoms with Crippen molar-refractivity contribution in [1.29, 1.82) is 0 Å². The lowest BCUT2D eigenvalue weighted by molar-refractivity contribution is -0.132. The maximum absolute atomic E-state index is 12.7. The van der Waals surface area contributed by atoms with Crippen LogP contribution in [0.2, 0.25) is 0 Å². The van der Waals surface area contributed by atoms with E-state index in [-0.39, 0.29) is 23.8 Å². The Hall–Kier alpha value is -3.15. The molecule has 0 bridgehead atoms. The molecule has 1 atom stereocenters. The number of hydrogen-bond acceptors (Lipinski definition) is 3. The molecule has 31 heavy (non-hydrogen) atoms. The average molecular weight is 420 g/mol. The zero-order valence-electron chi connectivity index (χ0n) is 17.9. The first-order valence-electron chi connectivity index (χ1n) is 11.0. The van der Waals surface area contributed by atoms with Gasteiger partial charge in [0.1, 0.15) is 0 Å². The lowest BCUT2D eigenvalue weighted by Crippen LogP contribution is -2.39. The van der Waals surface area contributed by atoms with Gasteiger partial charge in [-0.2, -0.15) is 0 Å². The quantitative estimate of drug-likeness (QED) is 0.755. The molecule has 4 rings (SSSR count). The molecule has 2 N–H and O–H groups in total. The van der Waals surface area contributed by atoms with Crippen LogP contribution in [0.3, 0.4) is 0 Å². The van der Waals surface area contributed by atoms with E-state index >= 15 is 0 Å². The van der Waals surface area contributed by atoms with E-state index in [0.29, 0.717) is 38.8 Å². The van der Waals surface area contributed by atoms with E-state index in [1.54, 1.807) is 0 Å². The van der Waals surface area contributed by atoms with E-state index in [0.717, 1.165) is 29.7 Å². The lowest BCUT2D eigenvalue weighted by atomic mass is 9.98. The van der Waals surface area contributed by atoms with Gasteiger partial charge < -0.3 is 15.5 Å². The Morgan fingerprint density at radius 3 is 2.65 bits per heavy atom. The molecule has 2 heterocycles. The summed E-state index contributed by atoms with van der Waals surface area (Å²) < 4.78 is 0. The number of nitrogens with zero attached hydrogens (tertiary/aromatic N) is 1. The summed E-state index contributed by atoms with van der Waals surface area (Å²) >= 11 is 0. The third-order valence-corrected chi connectivity index (χ3v) is 6.12. The highest BCUT2D eigenvalue weighted by molar-refractivity contribution is 5.91. The number of anilines is 1. The van der Waals surface area contributed by atoms with Crippen molar-refractivity contribution in [2.75, 3.05) is 11.9 Å². The molecule has 162 valence electrons. The van der Waals surface area contributed by atoms with Gasteiger partial charge >= 0.3 is 0 Å². The molecule has 6 heteroatoms. The first-order chi connectivity index (χ1) is 15.0. The van der Waals surface area contributed by atoms with Crippen molar-refractivity contribution in [3.8, 4) is 0 Å². The number of benzene rings is 2. The standard InChI is InChI=1S/C25H29N3O3/c1-17-2-4-18(5-3-17)6-10-23(29)26-21-8-7-19-12-13-28(16-20(19)14-21)25(31)15-22-9-11-24(30)27-22/h2-5,7-8,14,22H,6,9-13,15-16H2,1H3,(H,26,29)(H,27,30). The van der Waals surface area contributed by atoms with Crippen molar-refractivity contribution in [2.24, 2.45) is 0 Å². The number of fused-ring (bicyclic) bond motifs is 1. The van der Waals surface area contributed by atoms with Gasteiger partial charge in [0.2, 0.25) is 17.7 Å². The Morgan fingerprint density at radius 2 is 1.90 bits per heavy atom. The highest BCUT2D eigenvalue weighted by Gasteiger charge is 2.27. The van der Waals surface area contributed by atoms with Gasteiger partial charge in [-0.15, -0.1) is 0 Å². The molecular formula is C25H29N3O3. The normalized spacial score (nSPS) is 17.8. The Labute approximate surface area is 183 Å².